The molecule has 3 saturated heterocycles. The third kappa shape index (κ3) is 6.19. The number of carboxylic acid groups (broad SMARTS) is 2. The van der Waals surface area contributed by atoms with Gasteiger partial charge in [0.2, 0.25) is 0 Å². The van der Waals surface area contributed by atoms with Crippen molar-refractivity contribution in [3.63, 3.8) is 0 Å². The van der Waals surface area contributed by atoms with E-state index < -0.39 is 42.2 Å². The first-order valence-corrected chi connectivity index (χ1v) is 11.8. The molecule has 4 aliphatic rings. The summed E-state index contributed by atoms with van der Waals surface area (Å²) in [5, 5.41) is 15.8. The summed E-state index contributed by atoms with van der Waals surface area (Å²) in [7, 11) is 0. The van der Waals surface area contributed by atoms with E-state index >= 15 is 0 Å². The number of rotatable bonds is 5. The highest BCUT2D eigenvalue weighted by Gasteiger charge is 2.39. The molecule has 2 aromatic rings. The summed E-state index contributed by atoms with van der Waals surface area (Å²) in [4.78, 5) is 36.6. The Kier molecular flexibility index (Phi) is 6.13. The zero-order chi connectivity index (χ0) is 29.1. The van der Waals surface area contributed by atoms with Crippen molar-refractivity contribution >= 4 is 18.0 Å². The molecule has 2 aromatic carbocycles. The van der Waals surface area contributed by atoms with Gasteiger partial charge in [0.25, 0.3) is 0 Å². The highest BCUT2D eigenvalue weighted by atomic mass is 16.6. The van der Waals surface area contributed by atoms with Crippen molar-refractivity contribution in [1.29, 1.82) is 0 Å². The number of carbonyl (C=O) groups excluding carboxylic acids is 1. The van der Waals surface area contributed by atoms with Crippen molar-refractivity contribution in [3.8, 4) is 0 Å². The Labute approximate surface area is 212 Å². The van der Waals surface area contributed by atoms with Crippen molar-refractivity contribution in [2.75, 3.05) is 26.2 Å². The van der Waals surface area contributed by atoms with Crippen molar-refractivity contribution in [2.45, 2.75) is 44.2 Å². The summed E-state index contributed by atoms with van der Waals surface area (Å²) < 4.78 is 47.2. The van der Waals surface area contributed by atoms with Crippen LogP contribution in [0.2, 0.25) is 0 Å². The molecule has 2 atom stereocenters. The number of hydrogen-bond donors (Lipinski definition) is 2. The molecule has 0 aliphatic carbocycles. The Hall–Kier alpha value is -3.39. The Balaban J connectivity index is 0.000000406. The number of aliphatic carboxylic acids is 2. The van der Waals surface area contributed by atoms with E-state index in [0.29, 0.717) is 18.9 Å². The Morgan fingerprint density at radius 1 is 0.971 bits per heavy atom. The largest absolute Gasteiger partial charge is 0.481 e. The van der Waals surface area contributed by atoms with Crippen LogP contribution in [-0.2, 0) is 20.7 Å². The molecule has 0 radical (unpaired) electrons. The SMILES string of the molecule is O=C(O)CCC(=O)O.[2H]c1c([2H])c([2H])c([C@H]2c3ccccc3CCN2C(=O)O[C@H]2CN3CCC2CC3)c([2H])c1[2H]. The van der Waals surface area contributed by atoms with Crippen LogP contribution in [0.25, 0.3) is 0 Å². The number of nitrogens with zero attached hydrogens (tertiary/aromatic N) is 2. The molecule has 2 N–H and O–H groups in total. The summed E-state index contributed by atoms with van der Waals surface area (Å²) >= 11 is 0. The van der Waals surface area contributed by atoms with Gasteiger partial charge in [-0.15, -0.1) is 0 Å². The van der Waals surface area contributed by atoms with Crippen molar-refractivity contribution in [2.24, 2.45) is 5.92 Å². The van der Waals surface area contributed by atoms with E-state index in [0.717, 1.165) is 43.6 Å². The Morgan fingerprint density at radius 3 is 2.23 bits per heavy atom. The molecule has 0 spiro atoms. The molecule has 2 bridgehead atoms. The monoisotopic (exact) mass is 485 g/mol. The van der Waals surface area contributed by atoms with E-state index in [1.54, 1.807) is 4.90 Å². The molecule has 0 aromatic heterocycles. The molecule has 6 rings (SSSR count). The van der Waals surface area contributed by atoms with Crippen LogP contribution >= 0.6 is 0 Å². The lowest BCUT2D eigenvalue weighted by molar-refractivity contribution is -0.143. The predicted octanol–water partition coefficient (Wildman–Crippen LogP) is 3.80. The van der Waals surface area contributed by atoms with E-state index in [9.17, 15) is 14.4 Å². The molecular formula is C27H32N2O6. The standard InChI is InChI=1S/C23H26N2O2.C4H6O4/c26-23(27-21-16-24-13-10-18(21)11-14-24)25-15-12-17-6-4-5-9-20(17)22(25)19-7-2-1-3-8-19;5-3(6)1-2-4(7)8/h1-9,18,21-22H,10-16H2;1-2H2,(H,5,6)(H,7,8)/t21-,22-;/m0./s1/i1D,2D,3D,7D,8D;. The zero-order valence-electron chi connectivity index (χ0n) is 24.3. The molecule has 0 unspecified atom stereocenters. The van der Waals surface area contributed by atoms with Crippen molar-refractivity contribution in [1.82, 2.24) is 9.80 Å². The lowest BCUT2D eigenvalue weighted by atomic mass is 9.86. The molecule has 8 nitrogen and oxygen atoms in total. The number of piperidine rings is 3. The fourth-order valence-electron chi connectivity index (χ4n) is 4.93. The maximum absolute atomic E-state index is 13.4. The molecule has 4 aliphatic heterocycles. The van der Waals surface area contributed by atoms with Gasteiger partial charge in [0.05, 0.1) is 25.7 Å². The minimum Gasteiger partial charge on any atom is -0.481 e. The second-order valence-electron chi connectivity index (χ2n) is 8.93. The predicted molar refractivity (Wildman–Crippen MR) is 129 cm³/mol. The fraction of sp³-hybridized carbons (Fsp3) is 0.444. The topological polar surface area (TPSA) is 107 Å². The second kappa shape index (κ2) is 11.4. The van der Waals surface area contributed by atoms with Crippen LogP contribution in [0, 0.1) is 5.92 Å². The summed E-state index contributed by atoms with van der Waals surface area (Å²) in [5.41, 5.74) is 1.91. The van der Waals surface area contributed by atoms with Crippen molar-refractivity contribution in [3.05, 3.63) is 71.2 Å². The van der Waals surface area contributed by atoms with Gasteiger partial charge in [0, 0.05) is 13.1 Å². The fourth-order valence-corrected chi connectivity index (χ4v) is 4.93. The molecule has 4 heterocycles. The van der Waals surface area contributed by atoms with E-state index in [2.05, 4.69) is 4.90 Å². The highest BCUT2D eigenvalue weighted by molar-refractivity contribution is 5.75. The minimum absolute atomic E-state index is 0.119. The quantitative estimate of drug-likeness (QED) is 0.663. The van der Waals surface area contributed by atoms with Crippen LogP contribution in [0.5, 0.6) is 0 Å². The van der Waals surface area contributed by atoms with Gasteiger partial charge in [0.1, 0.15) is 6.10 Å². The maximum Gasteiger partial charge on any atom is 0.410 e. The summed E-state index contributed by atoms with van der Waals surface area (Å²) in [6, 6.07) is 5.03. The highest BCUT2D eigenvalue weighted by Crippen LogP contribution is 2.36. The molecule has 35 heavy (non-hydrogen) atoms. The minimum atomic E-state index is -1.08. The van der Waals surface area contributed by atoms with Gasteiger partial charge in [0.15, 0.2) is 0 Å². The first-order valence-electron chi connectivity index (χ1n) is 14.3. The lowest BCUT2D eigenvalue weighted by Crippen LogP contribution is -2.53. The molecule has 8 heteroatoms. The smallest absolute Gasteiger partial charge is 0.410 e. The number of amides is 1. The van der Waals surface area contributed by atoms with Gasteiger partial charge in [-0.25, -0.2) is 4.79 Å². The summed E-state index contributed by atoms with van der Waals surface area (Å²) in [6.07, 6.45) is 1.43. The number of hydrogen-bond acceptors (Lipinski definition) is 5. The van der Waals surface area contributed by atoms with Crippen LogP contribution in [0.15, 0.2) is 54.5 Å². The van der Waals surface area contributed by atoms with Crippen LogP contribution in [0.1, 0.15) is 55.3 Å². The van der Waals surface area contributed by atoms with Crippen molar-refractivity contribution < 1.29 is 36.2 Å². The number of benzene rings is 2. The number of carboxylic acids is 2. The third-order valence-electron chi connectivity index (χ3n) is 6.71. The number of fused-ring (bicyclic) bond motifs is 4. The number of carbonyl (C=O) groups is 3. The summed E-state index contributed by atoms with van der Waals surface area (Å²) in [5.74, 6) is -1.79. The van der Waals surface area contributed by atoms with Gasteiger partial charge in [-0.3, -0.25) is 19.4 Å². The van der Waals surface area contributed by atoms with E-state index in [1.165, 1.54) is 0 Å². The third-order valence-corrected chi connectivity index (χ3v) is 6.71. The summed E-state index contributed by atoms with van der Waals surface area (Å²) in [6.45, 7) is 3.19. The molecule has 1 amide bonds. The van der Waals surface area contributed by atoms with Gasteiger partial charge in [-0.1, -0.05) is 54.5 Å². The van der Waals surface area contributed by atoms with Gasteiger partial charge in [-0.05, 0) is 55.0 Å². The average Bonchev–Trinajstić information content (AvgIpc) is 2.95. The second-order valence-corrected chi connectivity index (χ2v) is 8.93. The molecule has 186 valence electrons. The zero-order valence-corrected chi connectivity index (χ0v) is 19.3. The molecule has 3 fully saturated rings. The van der Waals surface area contributed by atoms with Crippen LogP contribution in [0.3, 0.4) is 0 Å². The van der Waals surface area contributed by atoms with E-state index in [1.807, 2.05) is 24.3 Å². The van der Waals surface area contributed by atoms with Gasteiger partial charge >= 0.3 is 18.0 Å². The van der Waals surface area contributed by atoms with Crippen LogP contribution < -0.4 is 0 Å². The Morgan fingerprint density at radius 2 is 1.63 bits per heavy atom. The van der Waals surface area contributed by atoms with E-state index in [-0.39, 0.29) is 36.6 Å². The van der Waals surface area contributed by atoms with Crippen LogP contribution in [-0.4, -0.2) is 70.3 Å². The van der Waals surface area contributed by atoms with E-state index in [4.69, 9.17) is 21.8 Å². The van der Waals surface area contributed by atoms with Gasteiger partial charge < -0.3 is 14.9 Å². The average molecular weight is 486 g/mol. The molecule has 0 saturated carbocycles. The number of ether oxygens (including phenoxy) is 1. The lowest BCUT2D eigenvalue weighted by Gasteiger charge is -2.45. The first kappa shape index (κ1) is 18.9. The normalized spacial score (nSPS) is 26.5. The van der Waals surface area contributed by atoms with Gasteiger partial charge in [-0.2, -0.15) is 0 Å². The van der Waals surface area contributed by atoms with Crippen LogP contribution in [0.4, 0.5) is 4.79 Å². The molecular weight excluding hydrogens is 448 g/mol. The maximum atomic E-state index is 13.4. The first-order chi connectivity index (χ1) is 19.0. The Bertz CT molecular complexity index is 1260.